The largest absolute Gasteiger partial charge is 0.311 e. The third-order valence-corrected chi connectivity index (χ3v) is 11.9. The highest BCUT2D eigenvalue weighted by molar-refractivity contribution is 7.26. The maximum Gasteiger partial charge on any atom is 0.0991 e. The molecule has 0 N–H and O–H groups in total. The minimum Gasteiger partial charge on any atom is -0.311 e. The Labute approximate surface area is 328 Å². The number of nitriles is 2. The molecule has 0 bridgehead atoms. The molecular formula is C52H31N3S. The highest BCUT2D eigenvalue weighted by atomic mass is 32.1. The zero-order valence-electron chi connectivity index (χ0n) is 30.1. The second kappa shape index (κ2) is 13.7. The number of benzene rings is 9. The number of rotatable bonds is 6. The number of thiophene rings is 1. The van der Waals surface area contributed by atoms with Crippen LogP contribution in [-0.2, 0) is 0 Å². The van der Waals surface area contributed by atoms with Crippen molar-refractivity contribution in [3.8, 4) is 45.5 Å². The lowest BCUT2D eigenvalue weighted by Crippen LogP contribution is -2.09. The molecule has 0 saturated heterocycles. The number of hydrogen-bond donors (Lipinski definition) is 0. The zero-order chi connectivity index (χ0) is 37.6. The van der Waals surface area contributed by atoms with Crippen molar-refractivity contribution in [3.63, 3.8) is 0 Å². The molecule has 10 aromatic rings. The van der Waals surface area contributed by atoms with Crippen molar-refractivity contribution in [2.24, 2.45) is 0 Å². The number of hydrogen-bond acceptors (Lipinski definition) is 4. The van der Waals surface area contributed by atoms with Crippen LogP contribution in [0.25, 0.3) is 75.1 Å². The van der Waals surface area contributed by atoms with Gasteiger partial charge in [-0.05, 0) is 134 Å². The van der Waals surface area contributed by atoms with Crippen molar-refractivity contribution in [3.05, 3.63) is 199 Å². The highest BCUT2D eigenvalue weighted by Gasteiger charge is 2.16. The smallest absolute Gasteiger partial charge is 0.0991 e. The van der Waals surface area contributed by atoms with Gasteiger partial charge in [0.15, 0.2) is 0 Å². The van der Waals surface area contributed by atoms with Crippen molar-refractivity contribution in [1.82, 2.24) is 0 Å². The average Bonchev–Trinajstić information content (AvgIpc) is 3.65. The minimum atomic E-state index is 0.667. The quantitative estimate of drug-likeness (QED) is 0.171. The Bertz CT molecular complexity index is 3060. The van der Waals surface area contributed by atoms with Gasteiger partial charge in [0.05, 0.1) is 23.3 Å². The Morgan fingerprint density at radius 3 is 1.36 bits per heavy atom. The van der Waals surface area contributed by atoms with E-state index >= 15 is 0 Å². The lowest BCUT2D eigenvalue weighted by atomic mass is 9.99. The maximum absolute atomic E-state index is 9.35. The predicted octanol–water partition coefficient (Wildman–Crippen LogP) is 14.6. The zero-order valence-corrected chi connectivity index (χ0v) is 31.0. The van der Waals surface area contributed by atoms with Crippen LogP contribution in [0.4, 0.5) is 17.1 Å². The van der Waals surface area contributed by atoms with Crippen LogP contribution in [0, 0.1) is 22.7 Å². The summed E-state index contributed by atoms with van der Waals surface area (Å²) in [7, 11) is 0. The van der Waals surface area contributed by atoms with Gasteiger partial charge >= 0.3 is 0 Å². The molecule has 0 aliphatic heterocycles. The first-order valence-corrected chi connectivity index (χ1v) is 19.3. The van der Waals surface area contributed by atoms with E-state index in [-0.39, 0.29) is 0 Å². The summed E-state index contributed by atoms with van der Waals surface area (Å²) in [6.07, 6.45) is 0. The van der Waals surface area contributed by atoms with Gasteiger partial charge in [-0.15, -0.1) is 11.3 Å². The molecule has 10 rings (SSSR count). The van der Waals surface area contributed by atoms with Gasteiger partial charge in [-0.1, -0.05) is 109 Å². The highest BCUT2D eigenvalue weighted by Crippen LogP contribution is 2.42. The first-order chi connectivity index (χ1) is 27.6. The van der Waals surface area contributed by atoms with E-state index in [9.17, 15) is 10.5 Å². The molecule has 0 fully saturated rings. The maximum atomic E-state index is 9.35. The molecule has 0 aliphatic carbocycles. The van der Waals surface area contributed by atoms with Crippen molar-refractivity contribution in [2.45, 2.75) is 0 Å². The third-order valence-electron chi connectivity index (χ3n) is 10.7. The van der Waals surface area contributed by atoms with Gasteiger partial charge in [0.25, 0.3) is 0 Å². The Hall–Kier alpha value is -7.50. The molecule has 260 valence electrons. The van der Waals surface area contributed by atoms with Gasteiger partial charge in [0.1, 0.15) is 0 Å². The number of fused-ring (bicyclic) bond motifs is 5. The van der Waals surface area contributed by atoms with Crippen molar-refractivity contribution in [2.75, 3.05) is 4.90 Å². The molecule has 0 unspecified atom stereocenters. The van der Waals surface area contributed by atoms with E-state index in [1.807, 2.05) is 47.7 Å². The molecular weight excluding hydrogens is 699 g/mol. The molecule has 1 heterocycles. The summed E-state index contributed by atoms with van der Waals surface area (Å²) in [6, 6.07) is 70.6. The first-order valence-electron chi connectivity index (χ1n) is 18.5. The number of nitrogens with zero attached hydrogens (tertiary/aromatic N) is 3. The van der Waals surface area contributed by atoms with Crippen molar-refractivity contribution in [1.29, 1.82) is 10.5 Å². The molecule has 0 saturated carbocycles. The molecule has 1 aromatic heterocycles. The molecule has 0 spiro atoms. The van der Waals surface area contributed by atoms with E-state index in [4.69, 9.17) is 0 Å². The van der Waals surface area contributed by atoms with Gasteiger partial charge in [0.2, 0.25) is 0 Å². The fourth-order valence-corrected chi connectivity index (χ4v) is 9.05. The van der Waals surface area contributed by atoms with Gasteiger partial charge in [-0.2, -0.15) is 10.5 Å². The van der Waals surface area contributed by atoms with E-state index in [0.717, 1.165) is 60.9 Å². The monoisotopic (exact) mass is 729 g/mol. The van der Waals surface area contributed by atoms with Gasteiger partial charge in [0, 0.05) is 37.2 Å². The van der Waals surface area contributed by atoms with Crippen LogP contribution in [0.5, 0.6) is 0 Å². The molecule has 0 radical (unpaired) electrons. The molecule has 9 aromatic carbocycles. The van der Waals surface area contributed by atoms with Crippen LogP contribution in [0.2, 0.25) is 0 Å². The summed E-state index contributed by atoms with van der Waals surface area (Å²) < 4.78 is 2.61. The Morgan fingerprint density at radius 2 is 0.821 bits per heavy atom. The molecule has 0 aliphatic rings. The van der Waals surface area contributed by atoms with Crippen LogP contribution in [-0.4, -0.2) is 0 Å². The Morgan fingerprint density at radius 1 is 0.375 bits per heavy atom. The topological polar surface area (TPSA) is 50.8 Å². The molecule has 56 heavy (non-hydrogen) atoms. The standard InChI is InChI=1S/C52H31N3S/c53-32-34-8-10-43-30-41(14-12-39(43)28-34)36-16-22-45(23-17-36)55(46-24-18-37(19-25-46)42-15-13-40-29-35(33-54)9-11-44(40)31-42)47-26-20-38(21-27-47)48-5-3-6-50-49-4-1-2-7-51(49)56-52(48)50/h1-31H. The fourth-order valence-electron chi connectivity index (χ4n) is 7.81. The third kappa shape index (κ3) is 5.92. The predicted molar refractivity (Wildman–Crippen MR) is 235 cm³/mol. The Kier molecular flexibility index (Phi) is 8.11. The average molecular weight is 730 g/mol. The van der Waals surface area contributed by atoms with Crippen LogP contribution >= 0.6 is 11.3 Å². The molecule has 4 heteroatoms. The lowest BCUT2D eigenvalue weighted by molar-refractivity contribution is 1.28. The summed E-state index contributed by atoms with van der Waals surface area (Å²) >= 11 is 1.85. The summed E-state index contributed by atoms with van der Waals surface area (Å²) in [6.45, 7) is 0. The van der Waals surface area contributed by atoms with Crippen LogP contribution in [0.3, 0.4) is 0 Å². The van der Waals surface area contributed by atoms with Crippen LogP contribution in [0.15, 0.2) is 188 Å². The van der Waals surface area contributed by atoms with Crippen LogP contribution < -0.4 is 4.90 Å². The summed E-state index contributed by atoms with van der Waals surface area (Å²) in [5, 5.41) is 25.6. The summed E-state index contributed by atoms with van der Waals surface area (Å²) in [4.78, 5) is 2.31. The van der Waals surface area contributed by atoms with Gasteiger partial charge in [-0.25, -0.2) is 0 Å². The minimum absolute atomic E-state index is 0.667. The second-order valence-electron chi connectivity index (χ2n) is 14.0. The van der Waals surface area contributed by atoms with Gasteiger partial charge < -0.3 is 4.90 Å². The van der Waals surface area contributed by atoms with Crippen molar-refractivity contribution < 1.29 is 0 Å². The number of anilines is 3. The molecule has 0 amide bonds. The van der Waals surface area contributed by atoms with E-state index < -0.39 is 0 Å². The van der Waals surface area contributed by atoms with Crippen LogP contribution in [0.1, 0.15) is 11.1 Å². The summed E-state index contributed by atoms with van der Waals surface area (Å²) in [5.74, 6) is 0. The fraction of sp³-hybridized carbons (Fsp3) is 0. The summed E-state index contributed by atoms with van der Waals surface area (Å²) in [5.41, 5.74) is 11.4. The normalized spacial score (nSPS) is 11.2. The second-order valence-corrected chi connectivity index (χ2v) is 15.1. The SMILES string of the molecule is N#Cc1ccc2cc(-c3ccc(N(c4ccc(-c5ccc6cc(C#N)ccc6c5)cc4)c4ccc(-c5cccc6c5sc5ccccc56)cc4)cc3)ccc2c1. The molecule has 0 atom stereocenters. The van der Waals surface area contributed by atoms with Gasteiger partial charge in [-0.3, -0.25) is 0 Å². The lowest BCUT2D eigenvalue weighted by Gasteiger charge is -2.26. The molecule has 3 nitrogen and oxygen atoms in total. The Balaban J connectivity index is 1.03. The van der Waals surface area contributed by atoms with E-state index in [1.54, 1.807) is 0 Å². The van der Waals surface area contributed by atoms with E-state index in [2.05, 4.69) is 169 Å². The first kappa shape index (κ1) is 33.1. The van der Waals surface area contributed by atoms with Crippen molar-refractivity contribution >= 4 is 70.1 Å². The van der Waals surface area contributed by atoms with E-state index in [1.165, 1.54) is 31.3 Å². The van der Waals surface area contributed by atoms with E-state index in [0.29, 0.717) is 11.1 Å².